The van der Waals surface area contributed by atoms with Gasteiger partial charge in [0.05, 0.1) is 22.3 Å². The summed E-state index contributed by atoms with van der Waals surface area (Å²) in [6, 6.07) is 11.6. The molecule has 1 heterocycles. The Morgan fingerprint density at radius 3 is 2.71 bits per heavy atom. The summed E-state index contributed by atoms with van der Waals surface area (Å²) in [7, 11) is 0. The Labute approximate surface area is 182 Å². The molecule has 3 rings (SSSR count). The fourth-order valence-corrected chi connectivity index (χ4v) is 3.44. The van der Waals surface area contributed by atoms with Crippen LogP contribution in [0.2, 0.25) is 0 Å². The molecule has 0 fully saturated rings. The maximum absolute atomic E-state index is 12.9. The Morgan fingerprint density at radius 2 is 2.00 bits per heavy atom. The van der Waals surface area contributed by atoms with E-state index in [4.69, 9.17) is 4.74 Å². The summed E-state index contributed by atoms with van der Waals surface area (Å²) in [6.07, 6.45) is -1.47. The van der Waals surface area contributed by atoms with E-state index in [1.165, 1.54) is 12.1 Å². The molecule has 0 aliphatic rings. The summed E-state index contributed by atoms with van der Waals surface area (Å²) < 4.78 is 44.4. The molecular formula is C23H21F3N2O2S. The SMILES string of the molecule is Cc1nc(COc2cccc(/C=C/C(=O)N[C@@H](C)c3cccc(C(F)(F)F)c3)c2)cs1. The minimum absolute atomic E-state index is 0.354. The standard InChI is InChI=1S/C23H21F3N2O2S/c1-15(18-6-4-7-19(12-18)23(24,25)26)27-22(29)10-9-17-5-3-8-21(11-17)30-13-20-14-31-16(2)28-20/h3-12,14-15H,13H2,1-2H3,(H,27,29)/b10-9+/t15-/m0/s1. The highest BCUT2D eigenvalue weighted by molar-refractivity contribution is 7.09. The molecule has 0 aliphatic carbocycles. The lowest BCUT2D eigenvalue weighted by atomic mass is 10.0. The zero-order valence-electron chi connectivity index (χ0n) is 16.9. The number of hydrogen-bond donors (Lipinski definition) is 1. The number of carbonyl (C=O) groups is 1. The topological polar surface area (TPSA) is 51.2 Å². The predicted octanol–water partition coefficient (Wildman–Crippen LogP) is 5.94. The van der Waals surface area contributed by atoms with E-state index in [0.29, 0.717) is 17.9 Å². The van der Waals surface area contributed by atoms with Crippen molar-refractivity contribution in [3.63, 3.8) is 0 Å². The van der Waals surface area contributed by atoms with Crippen LogP contribution in [0.5, 0.6) is 5.75 Å². The summed E-state index contributed by atoms with van der Waals surface area (Å²) >= 11 is 1.56. The molecule has 0 radical (unpaired) electrons. The van der Waals surface area contributed by atoms with Crippen LogP contribution in [0.4, 0.5) is 13.2 Å². The number of hydrogen-bond acceptors (Lipinski definition) is 4. The third kappa shape index (κ3) is 6.68. The summed E-state index contributed by atoms with van der Waals surface area (Å²) in [4.78, 5) is 16.6. The average Bonchev–Trinajstić information content (AvgIpc) is 3.16. The second kappa shape index (κ2) is 9.78. The fraction of sp³-hybridized carbons (Fsp3) is 0.217. The molecule has 31 heavy (non-hydrogen) atoms. The van der Waals surface area contributed by atoms with Crippen molar-refractivity contribution in [2.45, 2.75) is 32.7 Å². The largest absolute Gasteiger partial charge is 0.487 e. The first-order valence-electron chi connectivity index (χ1n) is 9.50. The van der Waals surface area contributed by atoms with E-state index in [9.17, 15) is 18.0 Å². The van der Waals surface area contributed by atoms with Gasteiger partial charge in [0, 0.05) is 11.5 Å². The Hall–Kier alpha value is -3.13. The molecule has 3 aromatic rings. The van der Waals surface area contributed by atoms with Gasteiger partial charge in [0.1, 0.15) is 12.4 Å². The number of thiazole rings is 1. The van der Waals surface area contributed by atoms with Crippen LogP contribution in [-0.2, 0) is 17.6 Å². The summed E-state index contributed by atoms with van der Waals surface area (Å²) in [5.41, 5.74) is 1.25. The zero-order valence-corrected chi connectivity index (χ0v) is 17.8. The van der Waals surface area contributed by atoms with Crippen molar-refractivity contribution in [2.75, 3.05) is 0 Å². The van der Waals surface area contributed by atoms with E-state index < -0.39 is 23.7 Å². The molecule has 1 N–H and O–H groups in total. The maximum Gasteiger partial charge on any atom is 0.416 e. The Bertz CT molecular complexity index is 1080. The summed E-state index contributed by atoms with van der Waals surface area (Å²) in [5.74, 6) is 0.236. The molecule has 0 bridgehead atoms. The van der Waals surface area contributed by atoms with Crippen molar-refractivity contribution in [3.05, 3.63) is 87.4 Å². The Kier molecular flexibility index (Phi) is 7.12. The monoisotopic (exact) mass is 446 g/mol. The van der Waals surface area contributed by atoms with E-state index >= 15 is 0 Å². The lowest BCUT2D eigenvalue weighted by Gasteiger charge is -2.15. The van der Waals surface area contributed by atoms with Crippen LogP contribution in [-0.4, -0.2) is 10.9 Å². The van der Waals surface area contributed by atoms with Crippen molar-refractivity contribution in [3.8, 4) is 5.75 Å². The van der Waals surface area contributed by atoms with Gasteiger partial charge in [-0.1, -0.05) is 24.3 Å². The van der Waals surface area contributed by atoms with Crippen LogP contribution in [0.1, 0.15) is 40.4 Å². The average molecular weight is 446 g/mol. The normalized spacial score (nSPS) is 12.7. The highest BCUT2D eigenvalue weighted by Gasteiger charge is 2.30. The Balaban J connectivity index is 1.58. The fourth-order valence-electron chi connectivity index (χ4n) is 2.84. The minimum atomic E-state index is -4.43. The second-order valence-corrected chi connectivity index (χ2v) is 7.97. The summed E-state index contributed by atoms with van der Waals surface area (Å²) in [5, 5.41) is 5.59. The Morgan fingerprint density at radius 1 is 1.23 bits per heavy atom. The van der Waals surface area contributed by atoms with E-state index in [-0.39, 0.29) is 0 Å². The van der Waals surface area contributed by atoms with E-state index in [1.807, 2.05) is 30.5 Å². The predicted molar refractivity (Wildman–Crippen MR) is 115 cm³/mol. The van der Waals surface area contributed by atoms with Gasteiger partial charge in [-0.05, 0) is 55.3 Å². The molecule has 162 valence electrons. The van der Waals surface area contributed by atoms with Crippen LogP contribution >= 0.6 is 11.3 Å². The van der Waals surface area contributed by atoms with E-state index in [0.717, 1.165) is 28.4 Å². The molecule has 0 saturated carbocycles. The lowest BCUT2D eigenvalue weighted by molar-refractivity contribution is -0.137. The number of amides is 1. The van der Waals surface area contributed by atoms with Crippen LogP contribution < -0.4 is 10.1 Å². The van der Waals surface area contributed by atoms with Crippen molar-refractivity contribution < 1.29 is 22.7 Å². The van der Waals surface area contributed by atoms with Gasteiger partial charge in [0.25, 0.3) is 0 Å². The number of rotatable bonds is 7. The number of aryl methyl sites for hydroxylation is 1. The first kappa shape index (κ1) is 22.6. The number of carbonyl (C=O) groups excluding carboxylic acids is 1. The van der Waals surface area contributed by atoms with Gasteiger partial charge in [-0.2, -0.15) is 13.2 Å². The van der Waals surface area contributed by atoms with Gasteiger partial charge in [-0.3, -0.25) is 4.79 Å². The van der Waals surface area contributed by atoms with Crippen LogP contribution in [0.3, 0.4) is 0 Å². The van der Waals surface area contributed by atoms with Gasteiger partial charge in [0.15, 0.2) is 0 Å². The highest BCUT2D eigenvalue weighted by atomic mass is 32.1. The zero-order chi connectivity index (χ0) is 22.4. The molecule has 0 saturated heterocycles. The smallest absolute Gasteiger partial charge is 0.416 e. The van der Waals surface area contributed by atoms with E-state index in [1.54, 1.807) is 36.5 Å². The quantitative estimate of drug-likeness (QED) is 0.457. The van der Waals surface area contributed by atoms with E-state index in [2.05, 4.69) is 10.3 Å². The summed E-state index contributed by atoms with van der Waals surface area (Å²) in [6.45, 7) is 3.92. The van der Waals surface area contributed by atoms with Crippen molar-refractivity contribution in [1.82, 2.24) is 10.3 Å². The number of nitrogens with zero attached hydrogens (tertiary/aromatic N) is 1. The van der Waals surface area contributed by atoms with Gasteiger partial charge >= 0.3 is 6.18 Å². The number of halogens is 3. The molecule has 0 aliphatic heterocycles. The van der Waals surface area contributed by atoms with Crippen LogP contribution in [0.25, 0.3) is 6.08 Å². The third-order valence-corrected chi connectivity index (χ3v) is 5.23. The molecule has 0 unspecified atom stereocenters. The number of benzene rings is 2. The molecule has 2 aromatic carbocycles. The van der Waals surface area contributed by atoms with Gasteiger partial charge < -0.3 is 10.1 Å². The first-order chi connectivity index (χ1) is 14.7. The second-order valence-electron chi connectivity index (χ2n) is 6.91. The number of nitrogens with one attached hydrogen (secondary N) is 1. The molecule has 1 atom stereocenters. The van der Waals surface area contributed by atoms with Crippen LogP contribution in [0.15, 0.2) is 60.0 Å². The maximum atomic E-state index is 12.9. The third-order valence-electron chi connectivity index (χ3n) is 4.41. The number of aromatic nitrogens is 1. The molecule has 1 amide bonds. The van der Waals surface area contributed by atoms with Crippen molar-refractivity contribution in [1.29, 1.82) is 0 Å². The lowest BCUT2D eigenvalue weighted by Crippen LogP contribution is -2.24. The highest BCUT2D eigenvalue weighted by Crippen LogP contribution is 2.30. The molecule has 4 nitrogen and oxygen atoms in total. The van der Waals surface area contributed by atoms with Crippen molar-refractivity contribution >= 4 is 23.3 Å². The van der Waals surface area contributed by atoms with Crippen molar-refractivity contribution in [2.24, 2.45) is 0 Å². The molecule has 0 spiro atoms. The number of ether oxygens (including phenoxy) is 1. The van der Waals surface area contributed by atoms with Gasteiger partial charge in [0.2, 0.25) is 5.91 Å². The minimum Gasteiger partial charge on any atom is -0.487 e. The van der Waals surface area contributed by atoms with Gasteiger partial charge in [-0.25, -0.2) is 4.98 Å². The van der Waals surface area contributed by atoms with Crippen LogP contribution in [0, 0.1) is 6.92 Å². The first-order valence-corrected chi connectivity index (χ1v) is 10.4. The van der Waals surface area contributed by atoms with Gasteiger partial charge in [-0.15, -0.1) is 11.3 Å². The number of alkyl halides is 3. The molecular weight excluding hydrogens is 425 g/mol. The molecule has 8 heteroatoms. The molecule has 1 aromatic heterocycles.